The molecule has 0 aromatic carbocycles. The van der Waals surface area contributed by atoms with E-state index >= 15 is 0 Å². The van der Waals surface area contributed by atoms with Crippen molar-refractivity contribution >= 4 is 38.1 Å². The van der Waals surface area contributed by atoms with Gasteiger partial charge in [0, 0.05) is 19.0 Å². The van der Waals surface area contributed by atoms with Crippen LogP contribution in [0.2, 0.25) is 5.15 Å². The number of nitrogens with two attached hydrogens (primary N) is 1. The zero-order valence-corrected chi connectivity index (χ0v) is 18.7. The van der Waals surface area contributed by atoms with E-state index in [9.17, 15) is 12.8 Å². The smallest absolute Gasteiger partial charge is 0.254 e. The molecule has 1 fully saturated rings. The summed E-state index contributed by atoms with van der Waals surface area (Å²) in [5, 5.41) is 0.551. The number of halogens is 2. The van der Waals surface area contributed by atoms with E-state index in [0.29, 0.717) is 41.9 Å². The van der Waals surface area contributed by atoms with E-state index in [1.165, 1.54) is 16.4 Å². The molecule has 8 nitrogen and oxygen atoms in total. The third-order valence-corrected chi connectivity index (χ3v) is 8.97. The first-order valence-corrected chi connectivity index (χ1v) is 11.9. The SMILES string of the molecule is Cc1nc(N)sc1S(=O)(=O)N1CC[C@@H](c2[nH]c(-c3ccc(F)cn3)nc2Cl)[C@@H](C)C1. The van der Waals surface area contributed by atoms with Crippen LogP contribution in [0.15, 0.2) is 22.5 Å². The van der Waals surface area contributed by atoms with E-state index in [0.717, 1.165) is 23.2 Å². The fraction of sp³-hybridized carbons (Fsp3) is 0.389. The Bertz CT molecular complexity index is 1180. The third-order valence-electron chi connectivity index (χ3n) is 5.24. The Labute approximate surface area is 182 Å². The number of aromatic amines is 1. The molecule has 0 radical (unpaired) electrons. The van der Waals surface area contributed by atoms with Crippen molar-refractivity contribution in [3.05, 3.63) is 40.7 Å². The summed E-state index contributed by atoms with van der Waals surface area (Å²) in [6.45, 7) is 4.30. The standard InChI is InChI=1S/C18H20ClFN6O2S2/c1-9-8-26(30(27,28)17-10(2)23-18(21)29-17)6-5-12(9)14-15(19)25-16(24-14)13-4-3-11(20)7-22-13/h3-4,7,9,12H,5-6,8H2,1-2H3,(H2,21,23)(H,24,25)/t9-,12+/m0/s1. The molecule has 0 amide bonds. The van der Waals surface area contributed by atoms with Gasteiger partial charge in [0.15, 0.2) is 20.3 Å². The molecule has 0 bridgehead atoms. The van der Waals surface area contributed by atoms with Crippen molar-refractivity contribution < 1.29 is 12.8 Å². The van der Waals surface area contributed by atoms with Crippen LogP contribution >= 0.6 is 22.9 Å². The zero-order valence-electron chi connectivity index (χ0n) is 16.3. The fourth-order valence-electron chi connectivity index (χ4n) is 3.76. The number of piperidine rings is 1. The van der Waals surface area contributed by atoms with Crippen LogP contribution in [-0.4, -0.2) is 45.7 Å². The van der Waals surface area contributed by atoms with Gasteiger partial charge in [-0.05, 0) is 31.4 Å². The molecule has 4 rings (SSSR count). The topological polar surface area (TPSA) is 118 Å². The van der Waals surface area contributed by atoms with Crippen LogP contribution in [0, 0.1) is 18.7 Å². The van der Waals surface area contributed by atoms with Crippen LogP contribution < -0.4 is 5.73 Å². The van der Waals surface area contributed by atoms with Crippen LogP contribution in [-0.2, 0) is 10.0 Å². The number of nitrogens with zero attached hydrogens (tertiary/aromatic N) is 4. The van der Waals surface area contributed by atoms with Crippen molar-refractivity contribution in [2.24, 2.45) is 5.92 Å². The molecule has 1 aliphatic rings. The minimum Gasteiger partial charge on any atom is -0.375 e. The lowest BCUT2D eigenvalue weighted by atomic mass is 9.86. The van der Waals surface area contributed by atoms with Gasteiger partial charge in [-0.15, -0.1) is 0 Å². The Hall–Kier alpha value is -2.08. The van der Waals surface area contributed by atoms with Crippen molar-refractivity contribution in [3.8, 4) is 11.5 Å². The van der Waals surface area contributed by atoms with Crippen LogP contribution in [0.25, 0.3) is 11.5 Å². The third kappa shape index (κ3) is 3.82. The lowest BCUT2D eigenvalue weighted by Gasteiger charge is -2.35. The summed E-state index contributed by atoms with van der Waals surface area (Å²) in [5.74, 6) is 0.00845. The number of aryl methyl sites for hydroxylation is 1. The highest BCUT2D eigenvalue weighted by molar-refractivity contribution is 7.91. The van der Waals surface area contributed by atoms with E-state index in [4.69, 9.17) is 17.3 Å². The first-order valence-electron chi connectivity index (χ1n) is 9.27. The summed E-state index contributed by atoms with van der Waals surface area (Å²) in [6, 6.07) is 2.83. The second kappa shape index (κ2) is 7.88. The Morgan fingerprint density at radius 3 is 2.73 bits per heavy atom. The number of pyridine rings is 1. The van der Waals surface area contributed by atoms with Gasteiger partial charge in [-0.1, -0.05) is 29.9 Å². The number of hydrogen-bond acceptors (Lipinski definition) is 7. The molecule has 160 valence electrons. The molecular weight excluding hydrogens is 451 g/mol. The lowest BCUT2D eigenvalue weighted by molar-refractivity contribution is 0.246. The van der Waals surface area contributed by atoms with E-state index in [1.54, 1.807) is 6.92 Å². The Morgan fingerprint density at radius 2 is 2.13 bits per heavy atom. The van der Waals surface area contributed by atoms with Gasteiger partial charge in [-0.2, -0.15) is 4.31 Å². The maximum absolute atomic E-state index is 13.1. The van der Waals surface area contributed by atoms with Crippen LogP contribution in [0.4, 0.5) is 9.52 Å². The Balaban J connectivity index is 1.55. The van der Waals surface area contributed by atoms with Crippen molar-refractivity contribution in [3.63, 3.8) is 0 Å². The minimum absolute atomic E-state index is 0.00160. The Kier molecular flexibility index (Phi) is 5.56. The molecule has 2 atom stereocenters. The minimum atomic E-state index is -3.66. The number of anilines is 1. The van der Waals surface area contributed by atoms with Gasteiger partial charge in [0.2, 0.25) is 0 Å². The molecular formula is C18H20ClFN6O2S2. The summed E-state index contributed by atoms with van der Waals surface area (Å²) >= 11 is 7.36. The molecule has 3 N–H and O–H groups in total. The monoisotopic (exact) mass is 470 g/mol. The highest BCUT2D eigenvalue weighted by Gasteiger charge is 2.37. The number of H-pyrrole nitrogens is 1. The largest absolute Gasteiger partial charge is 0.375 e. The summed E-state index contributed by atoms with van der Waals surface area (Å²) in [4.78, 5) is 15.6. The van der Waals surface area contributed by atoms with Crippen molar-refractivity contribution in [2.75, 3.05) is 18.8 Å². The maximum atomic E-state index is 13.1. The molecule has 30 heavy (non-hydrogen) atoms. The zero-order chi connectivity index (χ0) is 21.6. The second-order valence-corrected chi connectivity index (χ2v) is 10.8. The van der Waals surface area contributed by atoms with Gasteiger partial charge in [0.1, 0.15) is 11.5 Å². The number of hydrogen-bond donors (Lipinski definition) is 2. The highest BCUT2D eigenvalue weighted by Crippen LogP contribution is 2.39. The van der Waals surface area contributed by atoms with Crippen LogP contribution in [0.3, 0.4) is 0 Å². The molecule has 0 saturated carbocycles. The van der Waals surface area contributed by atoms with E-state index < -0.39 is 15.8 Å². The molecule has 4 heterocycles. The first kappa shape index (κ1) is 21.2. The first-order chi connectivity index (χ1) is 14.2. The molecule has 1 saturated heterocycles. The van der Waals surface area contributed by atoms with Gasteiger partial charge in [-0.3, -0.25) is 0 Å². The molecule has 3 aromatic rings. The summed E-state index contributed by atoms with van der Waals surface area (Å²) in [6.07, 6.45) is 1.69. The van der Waals surface area contributed by atoms with E-state index in [-0.39, 0.29) is 21.2 Å². The number of thiazole rings is 1. The van der Waals surface area contributed by atoms with Gasteiger partial charge < -0.3 is 10.7 Å². The average molecular weight is 471 g/mol. The van der Waals surface area contributed by atoms with Gasteiger partial charge in [0.05, 0.1) is 17.6 Å². The normalized spacial score (nSPS) is 20.5. The molecule has 12 heteroatoms. The maximum Gasteiger partial charge on any atom is 0.254 e. The van der Waals surface area contributed by atoms with Crippen molar-refractivity contribution in [2.45, 2.75) is 30.4 Å². The summed E-state index contributed by atoms with van der Waals surface area (Å²) in [7, 11) is -3.66. The number of nitrogens with one attached hydrogen (secondary N) is 1. The van der Waals surface area contributed by atoms with Gasteiger partial charge >= 0.3 is 0 Å². The summed E-state index contributed by atoms with van der Waals surface area (Å²) in [5.41, 5.74) is 7.31. The quantitative estimate of drug-likeness (QED) is 0.603. The number of sulfonamides is 1. The van der Waals surface area contributed by atoms with Gasteiger partial charge in [0.25, 0.3) is 10.0 Å². The molecule has 0 aliphatic carbocycles. The van der Waals surface area contributed by atoms with Crippen molar-refractivity contribution in [1.82, 2.24) is 24.2 Å². The molecule has 0 spiro atoms. The molecule has 3 aromatic heterocycles. The molecule has 0 unspecified atom stereocenters. The number of imidazole rings is 1. The highest BCUT2D eigenvalue weighted by atomic mass is 35.5. The number of nitrogen functional groups attached to an aromatic ring is 1. The fourth-order valence-corrected chi connectivity index (χ4v) is 7.02. The van der Waals surface area contributed by atoms with Crippen molar-refractivity contribution in [1.29, 1.82) is 0 Å². The second-order valence-electron chi connectivity index (χ2n) is 7.31. The predicted octanol–water partition coefficient (Wildman–Crippen LogP) is 3.43. The number of rotatable bonds is 4. The lowest BCUT2D eigenvalue weighted by Crippen LogP contribution is -2.42. The Morgan fingerprint density at radius 1 is 1.37 bits per heavy atom. The summed E-state index contributed by atoms with van der Waals surface area (Å²) < 4.78 is 40.9. The molecule has 1 aliphatic heterocycles. The number of aromatic nitrogens is 4. The van der Waals surface area contributed by atoms with Gasteiger partial charge in [-0.25, -0.2) is 27.8 Å². The van der Waals surface area contributed by atoms with E-state index in [1.807, 2.05) is 6.92 Å². The average Bonchev–Trinajstić information content (AvgIpc) is 3.24. The predicted molar refractivity (Wildman–Crippen MR) is 113 cm³/mol. The van der Waals surface area contributed by atoms with Crippen LogP contribution in [0.5, 0.6) is 0 Å². The van der Waals surface area contributed by atoms with E-state index in [2.05, 4.69) is 19.9 Å². The van der Waals surface area contributed by atoms with Crippen LogP contribution in [0.1, 0.15) is 30.7 Å².